The maximum atomic E-state index is 12.3. The van der Waals surface area contributed by atoms with Gasteiger partial charge in [-0.2, -0.15) is 0 Å². The molecule has 1 saturated heterocycles. The van der Waals surface area contributed by atoms with E-state index in [4.69, 9.17) is 0 Å². The molecular formula is C14H15F3N2O2. The predicted octanol–water partition coefficient (Wildman–Crippen LogP) is 2.85. The quantitative estimate of drug-likeness (QED) is 0.843. The molecule has 3 rings (SSSR count). The van der Waals surface area contributed by atoms with E-state index in [9.17, 15) is 18.0 Å². The summed E-state index contributed by atoms with van der Waals surface area (Å²) in [6.07, 6.45) is -1.36. The summed E-state index contributed by atoms with van der Waals surface area (Å²) in [7, 11) is 0. The first-order chi connectivity index (χ1) is 9.92. The monoisotopic (exact) mass is 300 g/mol. The second-order valence-corrected chi connectivity index (χ2v) is 5.57. The number of alkyl halides is 3. The first-order valence-electron chi connectivity index (χ1n) is 6.94. The Hall–Kier alpha value is -1.79. The Balaban J connectivity index is 1.72. The fourth-order valence-electron chi connectivity index (χ4n) is 3.27. The van der Waals surface area contributed by atoms with Gasteiger partial charge in [0.05, 0.1) is 0 Å². The fraction of sp³-hybridized carbons (Fsp3) is 0.571. The summed E-state index contributed by atoms with van der Waals surface area (Å²) in [6, 6.07) is 3.85. The van der Waals surface area contributed by atoms with Gasteiger partial charge in [-0.05, 0) is 30.7 Å². The molecule has 7 heteroatoms. The fourth-order valence-corrected chi connectivity index (χ4v) is 3.27. The lowest BCUT2D eigenvalue weighted by Gasteiger charge is -2.17. The summed E-state index contributed by atoms with van der Waals surface area (Å²) in [4.78, 5) is 17.7. The highest BCUT2D eigenvalue weighted by atomic mass is 19.4. The van der Waals surface area contributed by atoms with Gasteiger partial charge in [0.1, 0.15) is 5.69 Å². The number of aromatic nitrogens is 1. The molecule has 0 N–H and O–H groups in total. The largest absolute Gasteiger partial charge is 0.574 e. The van der Waals surface area contributed by atoms with Crippen LogP contribution in [0, 0.1) is 11.8 Å². The number of rotatable bonds is 2. The molecule has 2 atom stereocenters. The molecule has 1 aromatic rings. The van der Waals surface area contributed by atoms with Crippen LogP contribution in [0.2, 0.25) is 0 Å². The van der Waals surface area contributed by atoms with Crippen molar-refractivity contribution in [2.45, 2.75) is 25.6 Å². The van der Waals surface area contributed by atoms with Gasteiger partial charge in [0.25, 0.3) is 5.91 Å². The Morgan fingerprint density at radius 2 is 1.90 bits per heavy atom. The molecule has 2 aliphatic rings. The van der Waals surface area contributed by atoms with E-state index < -0.39 is 12.2 Å². The SMILES string of the molecule is O=C(c1cccc(OC(F)(F)F)n1)N1C[C@H]2CCC[C@H]2C1. The topological polar surface area (TPSA) is 42.4 Å². The Morgan fingerprint density at radius 1 is 1.24 bits per heavy atom. The van der Waals surface area contributed by atoms with Crippen molar-refractivity contribution in [2.24, 2.45) is 11.8 Å². The number of nitrogens with zero attached hydrogens (tertiary/aromatic N) is 2. The Labute approximate surface area is 119 Å². The number of pyridine rings is 1. The second kappa shape index (κ2) is 5.20. The number of halogens is 3. The van der Waals surface area contributed by atoms with Gasteiger partial charge in [-0.1, -0.05) is 12.5 Å². The second-order valence-electron chi connectivity index (χ2n) is 5.57. The molecule has 21 heavy (non-hydrogen) atoms. The van der Waals surface area contributed by atoms with E-state index in [1.165, 1.54) is 18.6 Å². The lowest BCUT2D eigenvalue weighted by Crippen LogP contribution is -2.30. The molecule has 1 aliphatic carbocycles. The summed E-state index contributed by atoms with van der Waals surface area (Å²) in [5.41, 5.74) is -0.00303. The third-order valence-corrected chi connectivity index (χ3v) is 4.18. The van der Waals surface area contributed by atoms with Gasteiger partial charge in [0.15, 0.2) is 0 Å². The van der Waals surface area contributed by atoms with Crippen molar-refractivity contribution >= 4 is 5.91 Å². The zero-order valence-corrected chi connectivity index (χ0v) is 11.3. The lowest BCUT2D eigenvalue weighted by atomic mass is 10.0. The first kappa shape index (κ1) is 14.2. The van der Waals surface area contributed by atoms with Crippen LogP contribution in [0.5, 0.6) is 5.88 Å². The Bertz CT molecular complexity index is 535. The third-order valence-electron chi connectivity index (χ3n) is 4.18. The highest BCUT2D eigenvalue weighted by Crippen LogP contribution is 2.38. The van der Waals surface area contributed by atoms with Crippen molar-refractivity contribution in [3.8, 4) is 5.88 Å². The minimum Gasteiger partial charge on any atom is -0.388 e. The molecule has 1 aromatic heterocycles. The van der Waals surface area contributed by atoms with Crippen LogP contribution >= 0.6 is 0 Å². The molecule has 0 aromatic carbocycles. The van der Waals surface area contributed by atoms with Crippen LogP contribution in [0.25, 0.3) is 0 Å². The summed E-state index contributed by atoms with van der Waals surface area (Å²) in [6.45, 7) is 1.35. The van der Waals surface area contributed by atoms with Gasteiger partial charge in [-0.25, -0.2) is 4.98 Å². The minimum atomic E-state index is -4.81. The summed E-state index contributed by atoms with van der Waals surface area (Å²) in [5, 5.41) is 0. The van der Waals surface area contributed by atoms with Crippen molar-refractivity contribution in [1.29, 1.82) is 0 Å². The Morgan fingerprint density at radius 3 is 2.52 bits per heavy atom. The van der Waals surface area contributed by atoms with Crippen molar-refractivity contribution in [3.05, 3.63) is 23.9 Å². The van der Waals surface area contributed by atoms with Crippen LogP contribution < -0.4 is 4.74 Å². The van der Waals surface area contributed by atoms with E-state index in [1.54, 1.807) is 4.90 Å². The molecule has 2 fully saturated rings. The number of carbonyl (C=O) groups excluding carboxylic acids is 1. The molecule has 2 heterocycles. The normalized spacial score (nSPS) is 25.0. The van der Waals surface area contributed by atoms with Crippen molar-refractivity contribution in [3.63, 3.8) is 0 Å². The average molecular weight is 300 g/mol. The van der Waals surface area contributed by atoms with E-state index in [1.807, 2.05) is 0 Å². The number of likely N-dealkylation sites (tertiary alicyclic amines) is 1. The molecule has 0 spiro atoms. The number of hydrogen-bond acceptors (Lipinski definition) is 3. The summed E-state index contributed by atoms with van der Waals surface area (Å²) < 4.78 is 40.3. The van der Waals surface area contributed by atoms with Crippen LogP contribution in [-0.4, -0.2) is 35.2 Å². The third kappa shape index (κ3) is 3.11. The van der Waals surface area contributed by atoms with Gasteiger partial charge in [0, 0.05) is 19.2 Å². The molecule has 0 radical (unpaired) electrons. The molecule has 114 valence electrons. The standard InChI is InChI=1S/C14H15F3N2O2/c15-14(16,17)21-12-6-2-5-11(18-12)13(20)19-7-9-3-1-4-10(9)8-19/h2,5-6,9-10H,1,3-4,7-8H2/t9-,10+. The molecule has 0 unspecified atom stereocenters. The van der Waals surface area contributed by atoms with Crippen LogP contribution in [-0.2, 0) is 0 Å². The van der Waals surface area contributed by atoms with E-state index in [0.29, 0.717) is 24.9 Å². The molecule has 1 aliphatic heterocycles. The van der Waals surface area contributed by atoms with Gasteiger partial charge < -0.3 is 9.64 Å². The van der Waals surface area contributed by atoms with Gasteiger partial charge in [0.2, 0.25) is 5.88 Å². The van der Waals surface area contributed by atoms with E-state index in [2.05, 4.69) is 9.72 Å². The molecular weight excluding hydrogens is 285 g/mol. The van der Waals surface area contributed by atoms with E-state index in [0.717, 1.165) is 18.9 Å². The highest BCUT2D eigenvalue weighted by Gasteiger charge is 2.38. The lowest BCUT2D eigenvalue weighted by molar-refractivity contribution is -0.276. The molecule has 0 bridgehead atoms. The summed E-state index contributed by atoms with van der Waals surface area (Å²) in [5.74, 6) is 0.136. The number of carbonyl (C=O) groups is 1. The molecule has 1 amide bonds. The van der Waals surface area contributed by atoms with Gasteiger partial charge in [-0.15, -0.1) is 13.2 Å². The highest BCUT2D eigenvalue weighted by molar-refractivity contribution is 5.92. The number of ether oxygens (including phenoxy) is 1. The maximum Gasteiger partial charge on any atom is 0.574 e. The van der Waals surface area contributed by atoms with Crippen LogP contribution in [0.15, 0.2) is 18.2 Å². The summed E-state index contributed by atoms with van der Waals surface area (Å²) >= 11 is 0. The van der Waals surface area contributed by atoms with Crippen LogP contribution in [0.4, 0.5) is 13.2 Å². The maximum absolute atomic E-state index is 12.3. The van der Waals surface area contributed by atoms with Crippen molar-refractivity contribution in [1.82, 2.24) is 9.88 Å². The smallest absolute Gasteiger partial charge is 0.388 e. The van der Waals surface area contributed by atoms with Gasteiger partial charge in [-0.3, -0.25) is 4.79 Å². The number of amides is 1. The number of hydrogen-bond donors (Lipinski definition) is 0. The van der Waals surface area contributed by atoms with Crippen LogP contribution in [0.3, 0.4) is 0 Å². The zero-order chi connectivity index (χ0) is 15.0. The number of fused-ring (bicyclic) bond motifs is 1. The van der Waals surface area contributed by atoms with E-state index in [-0.39, 0.29) is 11.6 Å². The predicted molar refractivity (Wildman–Crippen MR) is 67.7 cm³/mol. The van der Waals surface area contributed by atoms with Crippen molar-refractivity contribution in [2.75, 3.05) is 13.1 Å². The van der Waals surface area contributed by atoms with Crippen molar-refractivity contribution < 1.29 is 22.7 Å². The average Bonchev–Trinajstić information content (AvgIpc) is 2.96. The zero-order valence-electron chi connectivity index (χ0n) is 11.3. The van der Waals surface area contributed by atoms with E-state index >= 15 is 0 Å². The molecule has 4 nitrogen and oxygen atoms in total. The van der Waals surface area contributed by atoms with Gasteiger partial charge >= 0.3 is 6.36 Å². The Kier molecular flexibility index (Phi) is 3.51. The minimum absolute atomic E-state index is 0.00303. The first-order valence-corrected chi connectivity index (χ1v) is 6.94. The molecule has 1 saturated carbocycles. The van der Waals surface area contributed by atoms with Crippen LogP contribution in [0.1, 0.15) is 29.8 Å².